The molecule has 152 valence electrons. The summed E-state index contributed by atoms with van der Waals surface area (Å²) in [5.74, 6) is 1.33. The molecule has 0 unspecified atom stereocenters. The molecule has 0 aliphatic carbocycles. The highest BCUT2D eigenvalue weighted by molar-refractivity contribution is 6.30. The molecule has 0 aliphatic rings. The number of carbonyl (C=O) groups excluding carboxylic acids is 1. The molecule has 0 saturated carbocycles. The Hall–Kier alpha value is -3.38. The molecule has 2 heterocycles. The molecule has 30 heavy (non-hydrogen) atoms. The van der Waals surface area contributed by atoms with Gasteiger partial charge in [-0.1, -0.05) is 49.7 Å². The number of rotatable bonds is 6. The standard InChI is InChI=1S/C23H21ClN4O2/c1-15(2)17-7-5-16(6-8-17)14-25-23-26-21(20-4-3-13-30-20)27-28(23)22(29)18-9-11-19(24)12-10-18/h3-13,15H,14H2,1-2H3,(H,25,26,27). The van der Waals surface area contributed by atoms with Crippen LogP contribution in [0.4, 0.5) is 5.95 Å². The van der Waals surface area contributed by atoms with Gasteiger partial charge < -0.3 is 9.73 Å². The van der Waals surface area contributed by atoms with E-state index in [1.54, 1.807) is 42.7 Å². The van der Waals surface area contributed by atoms with Gasteiger partial charge in [0.1, 0.15) is 0 Å². The molecule has 0 fully saturated rings. The summed E-state index contributed by atoms with van der Waals surface area (Å²) in [4.78, 5) is 17.5. The van der Waals surface area contributed by atoms with Gasteiger partial charge in [0.25, 0.3) is 5.91 Å². The second-order valence-corrected chi connectivity index (χ2v) is 7.65. The number of halogens is 1. The van der Waals surface area contributed by atoms with Crippen molar-refractivity contribution in [1.29, 1.82) is 0 Å². The van der Waals surface area contributed by atoms with Crippen LogP contribution in [-0.2, 0) is 6.54 Å². The van der Waals surface area contributed by atoms with Gasteiger partial charge in [0.15, 0.2) is 5.76 Å². The first kappa shape index (κ1) is 19.9. The molecule has 6 nitrogen and oxygen atoms in total. The molecular weight excluding hydrogens is 400 g/mol. The first-order valence-electron chi connectivity index (χ1n) is 9.65. The molecule has 0 aliphatic heterocycles. The van der Waals surface area contributed by atoms with Gasteiger partial charge in [-0.3, -0.25) is 4.79 Å². The number of hydrogen-bond donors (Lipinski definition) is 1. The van der Waals surface area contributed by atoms with Crippen molar-refractivity contribution >= 4 is 23.5 Å². The summed E-state index contributed by atoms with van der Waals surface area (Å²) in [7, 11) is 0. The number of aromatic nitrogens is 3. The fraction of sp³-hybridized carbons (Fsp3) is 0.174. The number of anilines is 1. The maximum Gasteiger partial charge on any atom is 0.281 e. The third kappa shape index (κ3) is 4.28. The lowest BCUT2D eigenvalue weighted by atomic mass is 10.0. The zero-order valence-corrected chi connectivity index (χ0v) is 17.4. The van der Waals surface area contributed by atoms with Crippen molar-refractivity contribution in [2.24, 2.45) is 0 Å². The van der Waals surface area contributed by atoms with Gasteiger partial charge in [-0.05, 0) is 53.4 Å². The van der Waals surface area contributed by atoms with E-state index < -0.39 is 0 Å². The molecular formula is C23H21ClN4O2. The lowest BCUT2D eigenvalue weighted by Crippen LogP contribution is -2.17. The maximum absolute atomic E-state index is 13.0. The minimum Gasteiger partial charge on any atom is -0.461 e. The lowest BCUT2D eigenvalue weighted by molar-refractivity contribution is 0.0947. The van der Waals surface area contributed by atoms with Crippen LogP contribution in [0.1, 0.15) is 41.3 Å². The van der Waals surface area contributed by atoms with E-state index in [-0.39, 0.29) is 5.91 Å². The van der Waals surface area contributed by atoms with E-state index in [4.69, 9.17) is 16.0 Å². The van der Waals surface area contributed by atoms with Crippen molar-refractivity contribution in [3.05, 3.63) is 88.6 Å². The zero-order valence-electron chi connectivity index (χ0n) is 16.7. The molecule has 0 amide bonds. The lowest BCUT2D eigenvalue weighted by Gasteiger charge is -2.09. The van der Waals surface area contributed by atoms with E-state index in [0.29, 0.717) is 40.6 Å². The fourth-order valence-electron chi connectivity index (χ4n) is 2.99. The molecule has 0 spiro atoms. The molecule has 0 saturated heterocycles. The molecule has 1 N–H and O–H groups in total. The van der Waals surface area contributed by atoms with E-state index in [1.807, 2.05) is 0 Å². The van der Waals surface area contributed by atoms with Crippen molar-refractivity contribution in [2.75, 3.05) is 5.32 Å². The molecule has 0 atom stereocenters. The molecule has 2 aromatic heterocycles. The van der Waals surface area contributed by atoms with Crippen molar-refractivity contribution in [1.82, 2.24) is 14.8 Å². The SMILES string of the molecule is CC(C)c1ccc(CNc2nc(-c3ccco3)nn2C(=O)c2ccc(Cl)cc2)cc1. The van der Waals surface area contributed by atoms with Crippen LogP contribution in [0.5, 0.6) is 0 Å². The van der Waals surface area contributed by atoms with Gasteiger partial charge in [0, 0.05) is 17.1 Å². The minimum atomic E-state index is -0.311. The molecule has 4 aromatic rings. The maximum atomic E-state index is 13.0. The topological polar surface area (TPSA) is 73.0 Å². The van der Waals surface area contributed by atoms with Gasteiger partial charge in [-0.15, -0.1) is 5.10 Å². The average Bonchev–Trinajstić information content (AvgIpc) is 3.42. The van der Waals surface area contributed by atoms with Crippen LogP contribution in [-0.4, -0.2) is 20.7 Å². The Balaban J connectivity index is 1.62. The highest BCUT2D eigenvalue weighted by Gasteiger charge is 2.20. The Morgan fingerprint density at radius 1 is 1.10 bits per heavy atom. The Morgan fingerprint density at radius 3 is 2.47 bits per heavy atom. The minimum absolute atomic E-state index is 0.311. The first-order chi connectivity index (χ1) is 14.5. The van der Waals surface area contributed by atoms with E-state index in [9.17, 15) is 4.79 Å². The van der Waals surface area contributed by atoms with Crippen LogP contribution in [0.2, 0.25) is 5.02 Å². The number of furan rings is 1. The van der Waals surface area contributed by atoms with E-state index in [2.05, 4.69) is 53.5 Å². The summed E-state index contributed by atoms with van der Waals surface area (Å²) < 4.78 is 6.65. The Bertz CT molecular complexity index is 1130. The van der Waals surface area contributed by atoms with Crippen molar-refractivity contribution in [2.45, 2.75) is 26.3 Å². The van der Waals surface area contributed by atoms with Crippen molar-refractivity contribution in [3.8, 4) is 11.6 Å². The third-order valence-corrected chi connectivity index (χ3v) is 4.98. The zero-order chi connectivity index (χ0) is 21.1. The number of nitrogens with one attached hydrogen (secondary N) is 1. The Morgan fingerprint density at radius 2 is 1.83 bits per heavy atom. The van der Waals surface area contributed by atoms with Gasteiger partial charge in [0.05, 0.1) is 6.26 Å². The molecule has 2 aromatic carbocycles. The van der Waals surface area contributed by atoms with Crippen LogP contribution < -0.4 is 5.32 Å². The monoisotopic (exact) mass is 420 g/mol. The summed E-state index contributed by atoms with van der Waals surface area (Å²) in [5.41, 5.74) is 2.81. The van der Waals surface area contributed by atoms with Gasteiger partial charge in [-0.2, -0.15) is 9.67 Å². The number of hydrogen-bond acceptors (Lipinski definition) is 5. The predicted octanol–water partition coefficient (Wildman–Crippen LogP) is 5.62. The highest BCUT2D eigenvalue weighted by Crippen LogP contribution is 2.21. The van der Waals surface area contributed by atoms with Crippen LogP contribution in [0.3, 0.4) is 0 Å². The summed E-state index contributed by atoms with van der Waals surface area (Å²) in [6.45, 7) is 4.82. The largest absolute Gasteiger partial charge is 0.461 e. The Kier molecular flexibility index (Phi) is 5.68. The highest BCUT2D eigenvalue weighted by atomic mass is 35.5. The first-order valence-corrected chi connectivity index (χ1v) is 10.0. The molecule has 7 heteroatoms. The van der Waals surface area contributed by atoms with E-state index >= 15 is 0 Å². The van der Waals surface area contributed by atoms with Gasteiger partial charge in [0.2, 0.25) is 11.8 Å². The third-order valence-electron chi connectivity index (χ3n) is 4.73. The summed E-state index contributed by atoms with van der Waals surface area (Å²) in [6, 6.07) is 18.5. The second kappa shape index (κ2) is 8.55. The summed E-state index contributed by atoms with van der Waals surface area (Å²) in [6.07, 6.45) is 1.54. The van der Waals surface area contributed by atoms with Crippen LogP contribution in [0.15, 0.2) is 71.3 Å². The van der Waals surface area contributed by atoms with Crippen molar-refractivity contribution < 1.29 is 9.21 Å². The quantitative estimate of drug-likeness (QED) is 0.438. The molecule has 0 radical (unpaired) electrons. The van der Waals surface area contributed by atoms with Crippen molar-refractivity contribution in [3.63, 3.8) is 0 Å². The second-order valence-electron chi connectivity index (χ2n) is 7.21. The number of carbonyl (C=O) groups is 1. The Labute approximate surface area is 179 Å². The fourth-order valence-corrected chi connectivity index (χ4v) is 3.12. The number of benzene rings is 2. The van der Waals surface area contributed by atoms with Gasteiger partial charge >= 0.3 is 0 Å². The average molecular weight is 421 g/mol. The van der Waals surface area contributed by atoms with Crippen LogP contribution in [0.25, 0.3) is 11.6 Å². The van der Waals surface area contributed by atoms with Crippen LogP contribution in [0, 0.1) is 0 Å². The summed E-state index contributed by atoms with van der Waals surface area (Å²) in [5, 5.41) is 8.15. The predicted molar refractivity (Wildman–Crippen MR) is 117 cm³/mol. The smallest absolute Gasteiger partial charge is 0.281 e. The summed E-state index contributed by atoms with van der Waals surface area (Å²) >= 11 is 5.94. The molecule has 0 bridgehead atoms. The van der Waals surface area contributed by atoms with Crippen LogP contribution >= 0.6 is 11.6 Å². The van der Waals surface area contributed by atoms with E-state index in [1.165, 1.54) is 10.2 Å². The molecule has 4 rings (SSSR count). The normalized spacial score (nSPS) is 11.1. The van der Waals surface area contributed by atoms with E-state index in [0.717, 1.165) is 5.56 Å². The van der Waals surface area contributed by atoms with Gasteiger partial charge in [-0.25, -0.2) is 0 Å². The number of nitrogens with zero attached hydrogens (tertiary/aromatic N) is 3.